The molecule has 1 N–H and O–H groups in total. The Labute approximate surface area is 82.1 Å². The van der Waals surface area contributed by atoms with Crippen LogP contribution >= 0.6 is 0 Å². The standard InChI is InChI=1S/C9H17F3O2/c1-8(2,3)7(4-13)5-14-6-9(10,11)12/h7,13H,4-6H2,1-3H3. The maximum Gasteiger partial charge on any atom is 0.411 e. The van der Waals surface area contributed by atoms with Gasteiger partial charge in [-0.25, -0.2) is 0 Å². The average Bonchev–Trinajstić information content (AvgIpc) is 1.93. The van der Waals surface area contributed by atoms with E-state index in [9.17, 15) is 13.2 Å². The van der Waals surface area contributed by atoms with Crippen LogP contribution in [0.4, 0.5) is 13.2 Å². The van der Waals surface area contributed by atoms with Crippen LogP contribution in [-0.2, 0) is 4.74 Å². The molecule has 0 bridgehead atoms. The molecule has 0 rings (SSSR count). The molecule has 0 heterocycles. The summed E-state index contributed by atoms with van der Waals surface area (Å²) >= 11 is 0. The Kier molecular flexibility index (Phi) is 4.88. The van der Waals surface area contributed by atoms with Crippen LogP contribution in [0.3, 0.4) is 0 Å². The predicted molar refractivity (Wildman–Crippen MR) is 46.9 cm³/mol. The number of hydrogen-bond acceptors (Lipinski definition) is 2. The summed E-state index contributed by atoms with van der Waals surface area (Å²) in [4.78, 5) is 0. The molecule has 0 fully saturated rings. The Morgan fingerprint density at radius 2 is 1.71 bits per heavy atom. The molecule has 2 nitrogen and oxygen atoms in total. The van der Waals surface area contributed by atoms with Gasteiger partial charge in [0.15, 0.2) is 0 Å². The number of rotatable bonds is 4. The van der Waals surface area contributed by atoms with Crippen LogP contribution in [-0.4, -0.2) is 31.1 Å². The Bertz CT molecular complexity index is 160. The first-order valence-corrected chi connectivity index (χ1v) is 4.42. The number of ether oxygens (including phenoxy) is 1. The van der Waals surface area contributed by atoms with Crippen molar-refractivity contribution in [3.05, 3.63) is 0 Å². The van der Waals surface area contributed by atoms with Crippen molar-refractivity contribution in [3.63, 3.8) is 0 Å². The van der Waals surface area contributed by atoms with Crippen molar-refractivity contribution in [2.45, 2.75) is 26.9 Å². The van der Waals surface area contributed by atoms with Gasteiger partial charge in [-0.15, -0.1) is 0 Å². The Morgan fingerprint density at radius 3 is 2.00 bits per heavy atom. The molecule has 0 saturated heterocycles. The van der Waals surface area contributed by atoms with Gasteiger partial charge in [-0.3, -0.25) is 0 Å². The third-order valence-corrected chi connectivity index (χ3v) is 2.03. The minimum Gasteiger partial charge on any atom is -0.396 e. The predicted octanol–water partition coefficient (Wildman–Crippen LogP) is 2.22. The SMILES string of the molecule is CC(C)(C)C(CO)COCC(F)(F)F. The molecule has 0 aliphatic heterocycles. The second-order valence-electron chi connectivity index (χ2n) is 4.38. The lowest BCUT2D eigenvalue weighted by Crippen LogP contribution is -2.30. The first-order chi connectivity index (χ1) is 6.17. The van der Waals surface area contributed by atoms with Crippen LogP contribution < -0.4 is 0 Å². The van der Waals surface area contributed by atoms with E-state index in [1.165, 1.54) is 0 Å². The maximum atomic E-state index is 11.7. The van der Waals surface area contributed by atoms with Crippen molar-refractivity contribution in [2.24, 2.45) is 11.3 Å². The van der Waals surface area contributed by atoms with E-state index in [1.54, 1.807) is 0 Å². The highest BCUT2D eigenvalue weighted by atomic mass is 19.4. The third-order valence-electron chi connectivity index (χ3n) is 2.03. The smallest absolute Gasteiger partial charge is 0.396 e. The molecule has 0 spiro atoms. The Balaban J connectivity index is 3.87. The van der Waals surface area contributed by atoms with Crippen LogP contribution in [0, 0.1) is 11.3 Å². The van der Waals surface area contributed by atoms with E-state index in [0.717, 1.165) is 0 Å². The first kappa shape index (κ1) is 13.7. The van der Waals surface area contributed by atoms with Crippen LogP contribution in [0.25, 0.3) is 0 Å². The minimum absolute atomic E-state index is 0.0699. The van der Waals surface area contributed by atoms with Crippen molar-refractivity contribution in [2.75, 3.05) is 19.8 Å². The number of hydrogen-bond donors (Lipinski definition) is 1. The monoisotopic (exact) mass is 214 g/mol. The lowest BCUT2D eigenvalue weighted by Gasteiger charge is -2.28. The van der Waals surface area contributed by atoms with Gasteiger partial charge >= 0.3 is 6.18 Å². The quantitative estimate of drug-likeness (QED) is 0.777. The fourth-order valence-corrected chi connectivity index (χ4v) is 0.893. The number of aliphatic hydroxyl groups is 1. The summed E-state index contributed by atoms with van der Waals surface area (Å²) in [7, 11) is 0. The largest absolute Gasteiger partial charge is 0.411 e. The lowest BCUT2D eigenvalue weighted by molar-refractivity contribution is -0.180. The molecule has 1 atom stereocenters. The average molecular weight is 214 g/mol. The van der Waals surface area contributed by atoms with Crippen LogP contribution in [0.2, 0.25) is 0 Å². The molecular weight excluding hydrogens is 197 g/mol. The van der Waals surface area contributed by atoms with E-state index >= 15 is 0 Å². The molecule has 0 aromatic carbocycles. The molecule has 0 saturated carbocycles. The summed E-state index contributed by atoms with van der Waals surface area (Å²) in [5.74, 6) is -0.273. The first-order valence-electron chi connectivity index (χ1n) is 4.42. The fraction of sp³-hybridized carbons (Fsp3) is 1.00. The molecule has 0 aromatic rings. The zero-order chi connectivity index (χ0) is 11.4. The van der Waals surface area contributed by atoms with Crippen molar-refractivity contribution < 1.29 is 23.0 Å². The Morgan fingerprint density at radius 1 is 1.21 bits per heavy atom. The molecule has 14 heavy (non-hydrogen) atoms. The van der Waals surface area contributed by atoms with Crippen molar-refractivity contribution >= 4 is 0 Å². The molecule has 0 radical (unpaired) electrons. The lowest BCUT2D eigenvalue weighted by atomic mass is 9.82. The van der Waals surface area contributed by atoms with Gasteiger partial charge in [0.2, 0.25) is 0 Å². The minimum atomic E-state index is -4.29. The van der Waals surface area contributed by atoms with E-state index in [4.69, 9.17) is 5.11 Å². The number of alkyl halides is 3. The maximum absolute atomic E-state index is 11.7. The van der Waals surface area contributed by atoms with Gasteiger partial charge in [-0.05, 0) is 5.41 Å². The molecule has 0 aromatic heterocycles. The van der Waals surface area contributed by atoms with Crippen LogP contribution in [0.1, 0.15) is 20.8 Å². The highest BCUT2D eigenvalue weighted by Crippen LogP contribution is 2.26. The zero-order valence-corrected chi connectivity index (χ0v) is 8.69. The van der Waals surface area contributed by atoms with E-state index < -0.39 is 12.8 Å². The highest BCUT2D eigenvalue weighted by Gasteiger charge is 2.30. The third kappa shape index (κ3) is 6.21. The summed E-state index contributed by atoms with van der Waals surface area (Å²) < 4.78 is 39.6. The second-order valence-corrected chi connectivity index (χ2v) is 4.38. The van der Waals surface area contributed by atoms with Crippen LogP contribution in [0.15, 0.2) is 0 Å². The summed E-state index contributed by atoms with van der Waals surface area (Å²) in [6.07, 6.45) is -4.29. The van der Waals surface area contributed by atoms with E-state index in [0.29, 0.717) is 0 Å². The molecular formula is C9H17F3O2. The molecule has 1 unspecified atom stereocenters. The van der Waals surface area contributed by atoms with Gasteiger partial charge in [0, 0.05) is 12.5 Å². The molecule has 0 amide bonds. The van der Waals surface area contributed by atoms with Gasteiger partial charge < -0.3 is 9.84 Å². The Hall–Kier alpha value is -0.290. The topological polar surface area (TPSA) is 29.5 Å². The molecule has 5 heteroatoms. The van der Waals surface area contributed by atoms with Crippen molar-refractivity contribution in [3.8, 4) is 0 Å². The molecule has 0 aliphatic carbocycles. The number of halogens is 3. The van der Waals surface area contributed by atoms with E-state index in [2.05, 4.69) is 4.74 Å². The summed E-state index contributed by atoms with van der Waals surface area (Å²) in [5.41, 5.74) is -0.250. The summed E-state index contributed by atoms with van der Waals surface area (Å²) in [5, 5.41) is 8.93. The van der Waals surface area contributed by atoms with Crippen molar-refractivity contribution in [1.82, 2.24) is 0 Å². The van der Waals surface area contributed by atoms with Gasteiger partial charge in [-0.2, -0.15) is 13.2 Å². The van der Waals surface area contributed by atoms with Gasteiger partial charge in [0.1, 0.15) is 6.61 Å². The fourth-order valence-electron chi connectivity index (χ4n) is 0.893. The van der Waals surface area contributed by atoms with Gasteiger partial charge in [0.25, 0.3) is 0 Å². The molecule has 86 valence electrons. The summed E-state index contributed by atoms with van der Waals surface area (Å²) in [6.45, 7) is 4.07. The molecule has 0 aliphatic rings. The number of aliphatic hydroxyl groups excluding tert-OH is 1. The second kappa shape index (κ2) is 4.98. The summed E-state index contributed by atoms with van der Waals surface area (Å²) in [6, 6.07) is 0. The van der Waals surface area contributed by atoms with Crippen molar-refractivity contribution in [1.29, 1.82) is 0 Å². The van der Waals surface area contributed by atoms with Gasteiger partial charge in [0.05, 0.1) is 6.61 Å². The highest BCUT2D eigenvalue weighted by molar-refractivity contribution is 4.72. The normalized spacial score (nSPS) is 15.6. The van der Waals surface area contributed by atoms with E-state index in [-0.39, 0.29) is 24.5 Å². The van der Waals surface area contributed by atoms with E-state index in [1.807, 2.05) is 20.8 Å². The van der Waals surface area contributed by atoms with Crippen LogP contribution in [0.5, 0.6) is 0 Å². The van der Waals surface area contributed by atoms with Gasteiger partial charge in [-0.1, -0.05) is 20.8 Å². The zero-order valence-electron chi connectivity index (χ0n) is 8.69.